The average molecular weight is 797 g/mol. The van der Waals surface area contributed by atoms with Crippen molar-refractivity contribution < 1.29 is 49.1 Å². The predicted octanol–water partition coefficient (Wildman–Crippen LogP) is 7.50. The Labute approximate surface area is 340 Å². The molecule has 58 heavy (non-hydrogen) atoms. The lowest BCUT2D eigenvalue weighted by Gasteiger charge is -2.25. The fourth-order valence-electron chi connectivity index (χ4n) is 6.56. The third-order valence-electron chi connectivity index (χ3n) is 10.1. The minimum Gasteiger partial charge on any atom is -0.507 e. The third-order valence-corrected chi connectivity index (χ3v) is 10.1. The highest BCUT2D eigenvalue weighted by Gasteiger charge is 2.27. The van der Waals surface area contributed by atoms with Gasteiger partial charge in [-0.3, -0.25) is 4.79 Å². The van der Waals surface area contributed by atoms with Crippen molar-refractivity contribution in [3.8, 4) is 11.5 Å². The maximum Gasteiger partial charge on any atom is 0.342 e. The third kappa shape index (κ3) is 13.5. The van der Waals surface area contributed by atoms with Crippen molar-refractivity contribution in [2.24, 2.45) is 11.8 Å². The molecule has 3 amide bonds. The van der Waals surface area contributed by atoms with Crippen LogP contribution in [0.3, 0.4) is 0 Å². The smallest absolute Gasteiger partial charge is 0.342 e. The van der Waals surface area contributed by atoms with Gasteiger partial charge < -0.3 is 35.2 Å². The van der Waals surface area contributed by atoms with Crippen LogP contribution < -0.4 is 5.32 Å². The largest absolute Gasteiger partial charge is 0.507 e. The van der Waals surface area contributed by atoms with Crippen LogP contribution in [0.25, 0.3) is 0 Å². The molecule has 2 aromatic carbocycles. The van der Waals surface area contributed by atoms with Gasteiger partial charge in [0.15, 0.2) is 0 Å². The molecule has 4 rings (SSSR count). The summed E-state index contributed by atoms with van der Waals surface area (Å²) in [7, 11) is 0. The standard InChI is InChI=1S/C46H56N2O10/c1-4-5-6-7-26-41(53)48(28-15-23-36-30-40(52)32(3)17-9-11-19-34-21-13-25-38(50)43(34)45(55)58-36)46(56)47-27-14-22-35-29-39(51)31(2)16-8-10-18-33-20-12-24-37(49)42(33)44(54)57-35/h5-15,20-21,24-28,31-32,35-36,39-40,49-52H,4,16-19,22-23,29-30H2,1-3H3,(H,47,56)/b6-5-,10-8+,11-9+,26-7-,27-14+,28-15+/t31-,32-,35-,36-,39+,40+/m0/s1. The Kier molecular flexibility index (Phi) is 17.7. The zero-order valence-electron chi connectivity index (χ0n) is 33.4. The van der Waals surface area contributed by atoms with Crippen LogP contribution >= 0.6 is 0 Å². The average Bonchev–Trinajstić information content (AvgIpc) is 3.18. The first kappa shape index (κ1) is 45.0. The summed E-state index contributed by atoms with van der Waals surface area (Å²) in [5, 5.41) is 45.5. The molecule has 2 aromatic rings. The molecule has 12 nitrogen and oxygen atoms in total. The summed E-state index contributed by atoms with van der Waals surface area (Å²) in [5.41, 5.74) is 1.28. The number of benzene rings is 2. The number of carbonyl (C=O) groups excluding carboxylic acids is 4. The maximum atomic E-state index is 13.5. The van der Waals surface area contributed by atoms with E-state index < -0.39 is 48.3 Å². The molecule has 0 fully saturated rings. The van der Waals surface area contributed by atoms with E-state index >= 15 is 0 Å². The van der Waals surface area contributed by atoms with Crippen molar-refractivity contribution in [1.82, 2.24) is 10.2 Å². The van der Waals surface area contributed by atoms with Gasteiger partial charge in [-0.05, 0) is 67.2 Å². The molecule has 5 N–H and O–H groups in total. The van der Waals surface area contributed by atoms with Crippen LogP contribution in [0.1, 0.15) is 97.6 Å². The predicted molar refractivity (Wildman–Crippen MR) is 221 cm³/mol. The van der Waals surface area contributed by atoms with Crippen molar-refractivity contribution in [1.29, 1.82) is 0 Å². The summed E-state index contributed by atoms with van der Waals surface area (Å²) in [5.74, 6) is -2.87. The number of urea groups is 1. The molecular formula is C46H56N2O10. The SMILES string of the molecule is CC/C=C\C=C/C(=O)N(/C=C/C[C@H]1C[C@@H](O)[C@@H](C)C/C=C/Cc2cccc(O)c2C(=O)O1)C(=O)N/C=C/C[C@H]1C[C@@H](O)[C@@H](C)C/C=C/Cc2cccc(O)c2C(=O)O1. The second kappa shape index (κ2) is 22.9. The van der Waals surface area contributed by atoms with Gasteiger partial charge in [0.1, 0.15) is 34.8 Å². The first-order chi connectivity index (χ1) is 27.9. The Balaban J connectivity index is 1.51. The van der Waals surface area contributed by atoms with Gasteiger partial charge >= 0.3 is 18.0 Å². The fourth-order valence-corrected chi connectivity index (χ4v) is 6.56. The molecule has 0 spiro atoms. The number of aliphatic hydroxyl groups excluding tert-OH is 2. The number of hydrogen-bond acceptors (Lipinski definition) is 10. The number of cyclic esters (lactones) is 2. The van der Waals surface area contributed by atoms with Crippen molar-refractivity contribution in [3.63, 3.8) is 0 Å². The number of esters is 2. The molecule has 0 bridgehead atoms. The molecule has 0 unspecified atom stereocenters. The van der Waals surface area contributed by atoms with E-state index in [1.54, 1.807) is 36.4 Å². The van der Waals surface area contributed by atoms with Crippen LogP contribution in [0.4, 0.5) is 4.79 Å². The molecular weight excluding hydrogens is 741 g/mol. The summed E-state index contributed by atoms with van der Waals surface area (Å²) in [6.07, 6.45) is 19.2. The number of hydrogen-bond donors (Lipinski definition) is 5. The summed E-state index contributed by atoms with van der Waals surface area (Å²) < 4.78 is 11.6. The van der Waals surface area contributed by atoms with E-state index in [0.717, 1.165) is 11.3 Å². The molecule has 0 radical (unpaired) electrons. The van der Waals surface area contributed by atoms with Gasteiger partial charge in [0, 0.05) is 44.2 Å². The van der Waals surface area contributed by atoms with Crippen LogP contribution in [0.5, 0.6) is 11.5 Å². The molecule has 0 aromatic heterocycles. The summed E-state index contributed by atoms with van der Waals surface area (Å²) in [6, 6.07) is 8.79. The number of ether oxygens (including phenoxy) is 2. The van der Waals surface area contributed by atoms with Crippen molar-refractivity contribution in [3.05, 3.63) is 132 Å². The molecule has 2 aliphatic heterocycles. The fraction of sp³-hybridized carbons (Fsp3) is 0.391. The van der Waals surface area contributed by atoms with Crippen molar-refractivity contribution in [2.75, 3.05) is 0 Å². The highest BCUT2D eigenvalue weighted by molar-refractivity contribution is 6.01. The molecule has 310 valence electrons. The van der Waals surface area contributed by atoms with Crippen LogP contribution in [-0.2, 0) is 27.1 Å². The zero-order valence-corrected chi connectivity index (χ0v) is 33.4. The Bertz CT molecular complexity index is 1910. The number of aliphatic hydroxyl groups is 2. The number of phenolic OH excluding ortho intramolecular Hbond substituents is 2. The van der Waals surface area contributed by atoms with Gasteiger partial charge in [-0.15, -0.1) is 0 Å². The molecule has 0 aliphatic carbocycles. The van der Waals surface area contributed by atoms with E-state index in [9.17, 15) is 39.6 Å². The number of allylic oxidation sites excluding steroid dienone is 7. The molecule has 0 saturated heterocycles. The number of nitrogens with one attached hydrogen (secondary N) is 1. The lowest BCUT2D eigenvalue weighted by molar-refractivity contribution is -0.121. The molecule has 2 heterocycles. The van der Waals surface area contributed by atoms with Gasteiger partial charge in [-0.1, -0.05) is 99.7 Å². The van der Waals surface area contributed by atoms with Gasteiger partial charge in [-0.25, -0.2) is 19.3 Å². The van der Waals surface area contributed by atoms with E-state index in [1.165, 1.54) is 42.8 Å². The number of imide groups is 1. The molecule has 0 saturated carbocycles. The maximum absolute atomic E-state index is 13.5. The molecule has 12 heteroatoms. The topological polar surface area (TPSA) is 183 Å². The van der Waals surface area contributed by atoms with Crippen LogP contribution in [-0.4, -0.2) is 73.6 Å². The number of fused-ring (bicyclic) bond motifs is 2. The number of nitrogens with zero attached hydrogens (tertiary/aromatic N) is 1. The number of carbonyl (C=O) groups is 4. The second-order valence-corrected chi connectivity index (χ2v) is 14.7. The summed E-state index contributed by atoms with van der Waals surface area (Å²) >= 11 is 0. The van der Waals surface area contributed by atoms with Gasteiger partial charge in [-0.2, -0.15) is 0 Å². The highest BCUT2D eigenvalue weighted by atomic mass is 16.5. The Morgan fingerprint density at radius 1 is 0.759 bits per heavy atom. The van der Waals surface area contributed by atoms with E-state index in [1.807, 2.05) is 51.2 Å². The molecule has 2 aliphatic rings. The Morgan fingerprint density at radius 3 is 1.79 bits per heavy atom. The highest BCUT2D eigenvalue weighted by Crippen LogP contribution is 2.28. The van der Waals surface area contributed by atoms with E-state index in [4.69, 9.17) is 9.47 Å². The van der Waals surface area contributed by atoms with Gasteiger partial charge in [0.2, 0.25) is 0 Å². The normalized spacial score (nSPS) is 24.7. The minimum absolute atomic E-state index is 0.0307. The van der Waals surface area contributed by atoms with Gasteiger partial charge in [0.25, 0.3) is 5.91 Å². The first-order valence-corrected chi connectivity index (χ1v) is 19.9. The van der Waals surface area contributed by atoms with E-state index in [-0.39, 0.29) is 60.1 Å². The number of rotatable bonds is 9. The molecule has 6 atom stereocenters. The van der Waals surface area contributed by atoms with Crippen LogP contribution in [0.2, 0.25) is 0 Å². The number of phenols is 2. The second-order valence-electron chi connectivity index (χ2n) is 14.7. The lowest BCUT2D eigenvalue weighted by Crippen LogP contribution is -2.37. The lowest BCUT2D eigenvalue weighted by atomic mass is 9.93. The summed E-state index contributed by atoms with van der Waals surface area (Å²) in [4.78, 5) is 54.3. The monoisotopic (exact) mass is 796 g/mol. The van der Waals surface area contributed by atoms with Crippen LogP contribution in [0.15, 0.2) is 110 Å². The summed E-state index contributed by atoms with van der Waals surface area (Å²) in [6.45, 7) is 5.73. The minimum atomic E-state index is -0.864. The first-order valence-electron chi connectivity index (χ1n) is 19.9. The van der Waals surface area contributed by atoms with E-state index in [2.05, 4.69) is 5.32 Å². The zero-order chi connectivity index (χ0) is 42.0. The Morgan fingerprint density at radius 2 is 1.28 bits per heavy atom. The van der Waals surface area contributed by atoms with Crippen molar-refractivity contribution >= 4 is 23.9 Å². The number of aromatic hydroxyl groups is 2. The van der Waals surface area contributed by atoms with E-state index in [0.29, 0.717) is 36.8 Å². The van der Waals surface area contributed by atoms with Gasteiger partial charge in [0.05, 0.1) is 12.2 Å². The quantitative estimate of drug-likeness (QED) is 0.0738. The van der Waals surface area contributed by atoms with Crippen molar-refractivity contribution in [2.45, 2.75) is 103 Å². The van der Waals surface area contributed by atoms with Crippen LogP contribution in [0, 0.1) is 11.8 Å². The number of amides is 3. The Hall–Kier alpha value is -5.72.